The number of sulfonamides is 1. The molecule has 0 aliphatic carbocycles. The smallest absolute Gasteiger partial charge is 0.227 e. The molecule has 2 aliphatic rings. The van der Waals surface area contributed by atoms with Gasteiger partial charge in [-0.1, -0.05) is 46.9 Å². The van der Waals surface area contributed by atoms with Gasteiger partial charge < -0.3 is 9.80 Å². The molecule has 2 aliphatic heterocycles. The molecule has 0 bridgehead atoms. The molecule has 2 heterocycles. The van der Waals surface area contributed by atoms with Gasteiger partial charge in [-0.15, -0.1) is 0 Å². The molecular weight excluding hydrogens is 517 g/mol. The van der Waals surface area contributed by atoms with Crippen molar-refractivity contribution in [3.8, 4) is 0 Å². The van der Waals surface area contributed by atoms with Crippen molar-refractivity contribution < 1.29 is 13.2 Å². The molecule has 184 valence electrons. The highest BCUT2D eigenvalue weighted by atomic mass is 35.5. The number of benzene rings is 2. The number of rotatable bonds is 5. The zero-order valence-corrected chi connectivity index (χ0v) is 22.1. The number of amides is 1. The summed E-state index contributed by atoms with van der Waals surface area (Å²) in [5.74, 6) is -0.448. The van der Waals surface area contributed by atoms with E-state index < -0.39 is 10.0 Å². The van der Waals surface area contributed by atoms with Gasteiger partial charge in [0.2, 0.25) is 15.9 Å². The van der Waals surface area contributed by atoms with Crippen LogP contribution in [0, 0.1) is 12.8 Å². The Labute approximate surface area is 216 Å². The van der Waals surface area contributed by atoms with Gasteiger partial charge in [-0.25, -0.2) is 12.7 Å². The lowest BCUT2D eigenvalue weighted by molar-refractivity contribution is -0.137. The zero-order chi connectivity index (χ0) is 24.5. The Kier molecular flexibility index (Phi) is 7.99. The largest absolute Gasteiger partial charge is 0.368 e. The van der Waals surface area contributed by atoms with Crippen molar-refractivity contribution in [1.82, 2.24) is 9.21 Å². The van der Waals surface area contributed by atoms with E-state index in [-0.39, 0.29) is 24.1 Å². The number of hydrogen-bond acceptors (Lipinski definition) is 4. The van der Waals surface area contributed by atoms with Crippen molar-refractivity contribution in [3.63, 3.8) is 0 Å². The summed E-state index contributed by atoms with van der Waals surface area (Å²) in [6.07, 6.45) is 1.37. The molecule has 0 saturated carbocycles. The van der Waals surface area contributed by atoms with Gasteiger partial charge in [0.25, 0.3) is 0 Å². The van der Waals surface area contributed by atoms with Gasteiger partial charge >= 0.3 is 0 Å². The Morgan fingerprint density at radius 2 is 1.71 bits per heavy atom. The van der Waals surface area contributed by atoms with E-state index in [4.69, 9.17) is 34.8 Å². The number of carbonyl (C=O) groups excluding carboxylic acids is 1. The lowest BCUT2D eigenvalue weighted by Crippen LogP contribution is -2.53. The van der Waals surface area contributed by atoms with Crippen LogP contribution in [0.5, 0.6) is 0 Å². The van der Waals surface area contributed by atoms with Crippen LogP contribution >= 0.6 is 34.8 Å². The first kappa shape index (κ1) is 25.6. The number of hydrogen-bond donors (Lipinski definition) is 0. The maximum atomic E-state index is 13.3. The number of piperazine rings is 1. The molecule has 0 N–H and O–H groups in total. The Morgan fingerprint density at radius 1 is 0.971 bits per heavy atom. The molecular formula is C24H28Cl3N3O3S. The fourth-order valence-corrected chi connectivity index (χ4v) is 6.76. The van der Waals surface area contributed by atoms with E-state index >= 15 is 0 Å². The van der Waals surface area contributed by atoms with Gasteiger partial charge in [-0.05, 0) is 55.2 Å². The minimum absolute atomic E-state index is 0.0388. The van der Waals surface area contributed by atoms with Gasteiger partial charge in [0.1, 0.15) is 0 Å². The molecule has 1 atom stereocenters. The third-order valence-electron chi connectivity index (χ3n) is 6.56. The first-order chi connectivity index (χ1) is 16.1. The summed E-state index contributed by atoms with van der Waals surface area (Å²) in [5, 5.41) is 1.41. The normalized spacial score (nSPS) is 19.9. The number of aryl methyl sites for hydroxylation is 1. The molecule has 0 radical (unpaired) electrons. The SMILES string of the molecule is Cc1ccc(Cl)cc1N1CCN(C(=O)[C@H]2CCCN(S(=O)(=O)Cc3ccc(Cl)c(Cl)c3)C2)CC1. The third kappa shape index (κ3) is 5.82. The van der Waals surface area contributed by atoms with Gasteiger partial charge in [-0.3, -0.25) is 4.79 Å². The van der Waals surface area contributed by atoms with Crippen molar-refractivity contribution in [2.24, 2.45) is 5.92 Å². The van der Waals surface area contributed by atoms with Crippen LogP contribution in [-0.2, 0) is 20.6 Å². The molecule has 2 fully saturated rings. The third-order valence-corrected chi connectivity index (χ3v) is 9.35. The number of piperidine rings is 1. The molecule has 4 rings (SSSR count). The lowest BCUT2D eigenvalue weighted by Gasteiger charge is -2.40. The van der Waals surface area contributed by atoms with Crippen LogP contribution in [-0.4, -0.2) is 62.8 Å². The standard InChI is InChI=1S/C24H28Cl3N3O3S/c1-17-4-6-20(25)14-23(17)28-9-11-29(12-10-28)24(31)19-3-2-8-30(15-19)34(32,33)16-18-5-7-21(26)22(27)13-18/h4-7,13-14,19H,2-3,8-12,15-16H2,1H3/t19-/m0/s1. The second-order valence-corrected chi connectivity index (χ2v) is 12.2. The molecule has 10 heteroatoms. The number of halogens is 3. The van der Waals surface area contributed by atoms with Crippen LogP contribution in [0.3, 0.4) is 0 Å². The van der Waals surface area contributed by atoms with Crippen molar-refractivity contribution in [2.45, 2.75) is 25.5 Å². The maximum absolute atomic E-state index is 13.3. The first-order valence-corrected chi connectivity index (χ1v) is 14.1. The van der Waals surface area contributed by atoms with Crippen molar-refractivity contribution >= 4 is 56.4 Å². The summed E-state index contributed by atoms with van der Waals surface area (Å²) >= 11 is 18.2. The zero-order valence-electron chi connectivity index (χ0n) is 19.0. The Balaban J connectivity index is 1.37. The summed E-state index contributed by atoms with van der Waals surface area (Å²) in [6.45, 7) is 5.36. The Bertz CT molecular complexity index is 1170. The average molecular weight is 545 g/mol. The van der Waals surface area contributed by atoms with E-state index in [1.165, 1.54) is 4.31 Å². The van der Waals surface area contributed by atoms with Crippen LogP contribution < -0.4 is 4.90 Å². The number of anilines is 1. The highest BCUT2D eigenvalue weighted by molar-refractivity contribution is 7.88. The fourth-order valence-electron chi connectivity index (χ4n) is 4.68. The average Bonchev–Trinajstić information content (AvgIpc) is 2.82. The van der Waals surface area contributed by atoms with E-state index in [2.05, 4.69) is 11.8 Å². The van der Waals surface area contributed by atoms with Crippen LogP contribution in [0.1, 0.15) is 24.0 Å². The first-order valence-electron chi connectivity index (χ1n) is 11.4. The molecule has 1 amide bonds. The monoisotopic (exact) mass is 543 g/mol. The van der Waals surface area contributed by atoms with E-state index in [0.29, 0.717) is 53.1 Å². The predicted molar refractivity (Wildman–Crippen MR) is 138 cm³/mol. The number of nitrogens with zero attached hydrogens (tertiary/aromatic N) is 3. The van der Waals surface area contributed by atoms with Crippen LogP contribution in [0.4, 0.5) is 5.69 Å². The van der Waals surface area contributed by atoms with Gasteiger partial charge in [0.15, 0.2) is 0 Å². The molecule has 6 nitrogen and oxygen atoms in total. The lowest BCUT2D eigenvalue weighted by atomic mass is 9.97. The van der Waals surface area contributed by atoms with E-state index in [9.17, 15) is 13.2 Å². The summed E-state index contributed by atoms with van der Waals surface area (Å²) in [7, 11) is -3.58. The second kappa shape index (κ2) is 10.6. The van der Waals surface area contributed by atoms with E-state index in [1.807, 2.05) is 23.1 Å². The van der Waals surface area contributed by atoms with Crippen LogP contribution in [0.15, 0.2) is 36.4 Å². The summed E-state index contributed by atoms with van der Waals surface area (Å²) < 4.78 is 27.6. The van der Waals surface area contributed by atoms with Gasteiger partial charge in [0.05, 0.1) is 21.7 Å². The van der Waals surface area contributed by atoms with Crippen LogP contribution in [0.25, 0.3) is 0 Å². The van der Waals surface area contributed by atoms with Crippen molar-refractivity contribution in [3.05, 3.63) is 62.6 Å². The summed E-state index contributed by atoms with van der Waals surface area (Å²) in [6, 6.07) is 10.7. The van der Waals surface area contributed by atoms with Gasteiger partial charge in [0, 0.05) is 50.0 Å². The highest BCUT2D eigenvalue weighted by Crippen LogP contribution is 2.28. The molecule has 2 aromatic rings. The van der Waals surface area contributed by atoms with Crippen molar-refractivity contribution in [1.29, 1.82) is 0 Å². The Morgan fingerprint density at radius 3 is 2.41 bits per heavy atom. The van der Waals surface area contributed by atoms with Crippen LogP contribution in [0.2, 0.25) is 15.1 Å². The number of carbonyl (C=O) groups is 1. The quantitative estimate of drug-likeness (QED) is 0.540. The van der Waals surface area contributed by atoms with Gasteiger partial charge in [-0.2, -0.15) is 0 Å². The van der Waals surface area contributed by atoms with E-state index in [1.54, 1.807) is 18.2 Å². The fraction of sp³-hybridized carbons (Fsp3) is 0.458. The summed E-state index contributed by atoms with van der Waals surface area (Å²) in [5.41, 5.74) is 2.83. The topological polar surface area (TPSA) is 60.9 Å². The molecule has 2 aromatic carbocycles. The van der Waals surface area contributed by atoms with Crippen molar-refractivity contribution in [2.75, 3.05) is 44.2 Å². The molecule has 0 aromatic heterocycles. The second-order valence-electron chi connectivity index (χ2n) is 8.94. The minimum atomic E-state index is -3.58. The highest BCUT2D eigenvalue weighted by Gasteiger charge is 2.35. The Hall–Kier alpha value is -1.51. The molecule has 2 saturated heterocycles. The van der Waals surface area contributed by atoms with E-state index in [0.717, 1.165) is 24.3 Å². The molecule has 0 spiro atoms. The maximum Gasteiger partial charge on any atom is 0.227 e. The predicted octanol–water partition coefficient (Wildman–Crippen LogP) is 4.85. The molecule has 34 heavy (non-hydrogen) atoms. The minimum Gasteiger partial charge on any atom is -0.368 e. The molecule has 0 unspecified atom stereocenters. The summed E-state index contributed by atoms with van der Waals surface area (Å²) in [4.78, 5) is 17.4.